The number of hydrogen-bond donors (Lipinski definition) is 3. The summed E-state index contributed by atoms with van der Waals surface area (Å²) in [7, 11) is -3.97. The number of hydrogen-bond acceptors (Lipinski definition) is 3. The van der Waals surface area contributed by atoms with Crippen LogP contribution in [-0.2, 0) is 10.2 Å². The normalized spacial score (nSPS) is 11.1. The van der Waals surface area contributed by atoms with E-state index in [0.717, 1.165) is 0 Å². The number of anilines is 2. The van der Waals surface area contributed by atoms with Gasteiger partial charge >= 0.3 is 0 Å². The van der Waals surface area contributed by atoms with Gasteiger partial charge in [-0.05, 0) is 30.3 Å². The van der Waals surface area contributed by atoms with Crippen molar-refractivity contribution in [3.05, 3.63) is 58.6 Å². The number of carbonyl (C=O) groups excluding carboxylic acids is 1. The lowest BCUT2D eigenvalue weighted by Gasteiger charge is -2.09. The highest BCUT2D eigenvalue weighted by molar-refractivity contribution is 7.90. The molecule has 0 atom stereocenters. The number of halogens is 3. The molecule has 0 saturated heterocycles. The molecule has 0 radical (unpaired) electrons. The van der Waals surface area contributed by atoms with Crippen LogP contribution in [0, 0.1) is 11.6 Å². The van der Waals surface area contributed by atoms with Gasteiger partial charge in [0.15, 0.2) is 11.6 Å². The van der Waals surface area contributed by atoms with Crippen LogP contribution in [0.1, 0.15) is 10.4 Å². The van der Waals surface area contributed by atoms with Crippen molar-refractivity contribution in [1.82, 2.24) is 0 Å². The molecule has 0 aliphatic rings. The maximum atomic E-state index is 13.2. The molecule has 0 spiro atoms. The third-order valence-electron chi connectivity index (χ3n) is 2.64. The zero-order chi connectivity index (χ0) is 17.2. The minimum atomic E-state index is -3.97. The largest absolute Gasteiger partial charge is 0.322 e. The average Bonchev–Trinajstić information content (AvgIpc) is 2.41. The van der Waals surface area contributed by atoms with Gasteiger partial charge in [0.05, 0.1) is 16.3 Å². The van der Waals surface area contributed by atoms with Crippen LogP contribution < -0.4 is 15.2 Å². The van der Waals surface area contributed by atoms with Crippen molar-refractivity contribution in [1.29, 1.82) is 0 Å². The third-order valence-corrected chi connectivity index (χ3v) is 3.47. The van der Waals surface area contributed by atoms with E-state index >= 15 is 0 Å². The van der Waals surface area contributed by atoms with Crippen molar-refractivity contribution < 1.29 is 22.0 Å². The summed E-state index contributed by atoms with van der Waals surface area (Å²) < 4.78 is 50.1. The topological polar surface area (TPSA) is 101 Å². The SMILES string of the molecule is NS(=O)(=O)Nc1cccc(NC(=O)c2cc(F)c(F)cc2Cl)c1. The molecular weight excluding hydrogens is 352 g/mol. The van der Waals surface area contributed by atoms with Gasteiger partial charge in [-0.2, -0.15) is 8.42 Å². The van der Waals surface area contributed by atoms with Crippen molar-refractivity contribution >= 4 is 39.1 Å². The second-order valence-electron chi connectivity index (χ2n) is 4.43. The smallest absolute Gasteiger partial charge is 0.296 e. The lowest BCUT2D eigenvalue weighted by Crippen LogP contribution is -2.21. The minimum Gasteiger partial charge on any atom is -0.322 e. The number of nitrogens with two attached hydrogens (primary N) is 1. The van der Waals surface area contributed by atoms with Crippen LogP contribution in [0.25, 0.3) is 0 Å². The first-order valence-electron chi connectivity index (χ1n) is 6.02. The zero-order valence-electron chi connectivity index (χ0n) is 11.3. The molecule has 0 saturated carbocycles. The van der Waals surface area contributed by atoms with Gasteiger partial charge in [-0.3, -0.25) is 9.52 Å². The fourth-order valence-corrected chi connectivity index (χ4v) is 2.41. The van der Waals surface area contributed by atoms with Gasteiger partial charge in [0.1, 0.15) is 0 Å². The molecule has 1 amide bonds. The molecule has 2 rings (SSSR count). The van der Waals surface area contributed by atoms with Crippen molar-refractivity contribution in [3.63, 3.8) is 0 Å². The maximum absolute atomic E-state index is 13.2. The number of carbonyl (C=O) groups is 1. The second-order valence-corrected chi connectivity index (χ2v) is 6.13. The summed E-state index contributed by atoms with van der Waals surface area (Å²) in [6.07, 6.45) is 0. The average molecular weight is 362 g/mol. The van der Waals surface area contributed by atoms with E-state index in [0.29, 0.717) is 12.1 Å². The third kappa shape index (κ3) is 4.62. The number of nitrogens with one attached hydrogen (secondary N) is 2. The Morgan fingerprint density at radius 1 is 1.09 bits per heavy atom. The van der Waals surface area contributed by atoms with Crippen LogP contribution in [0.5, 0.6) is 0 Å². The molecule has 0 aromatic heterocycles. The van der Waals surface area contributed by atoms with Crippen molar-refractivity contribution in [2.45, 2.75) is 0 Å². The Bertz CT molecular complexity index is 875. The van der Waals surface area contributed by atoms with Gasteiger partial charge in [-0.25, -0.2) is 13.9 Å². The molecule has 2 aromatic carbocycles. The Balaban J connectivity index is 2.24. The summed E-state index contributed by atoms with van der Waals surface area (Å²) in [6.45, 7) is 0. The first-order chi connectivity index (χ1) is 10.7. The Kier molecular flexibility index (Phi) is 4.83. The van der Waals surface area contributed by atoms with Crippen LogP contribution in [-0.4, -0.2) is 14.3 Å². The second kappa shape index (κ2) is 6.49. The lowest BCUT2D eigenvalue weighted by atomic mass is 10.2. The summed E-state index contributed by atoms with van der Waals surface area (Å²) >= 11 is 5.71. The van der Waals surface area contributed by atoms with Gasteiger partial charge < -0.3 is 5.32 Å². The molecular formula is C13H10ClF2N3O3S. The molecule has 23 heavy (non-hydrogen) atoms. The van der Waals surface area contributed by atoms with Crippen LogP contribution in [0.3, 0.4) is 0 Å². The molecule has 122 valence electrons. The molecule has 0 aliphatic heterocycles. The Labute approximate surface area is 135 Å². The van der Waals surface area contributed by atoms with Gasteiger partial charge in [0, 0.05) is 5.69 Å². The maximum Gasteiger partial charge on any atom is 0.296 e. The van der Waals surface area contributed by atoms with E-state index in [4.69, 9.17) is 16.7 Å². The van der Waals surface area contributed by atoms with E-state index < -0.39 is 27.8 Å². The van der Waals surface area contributed by atoms with Gasteiger partial charge in [0.2, 0.25) is 0 Å². The van der Waals surface area contributed by atoms with Crippen LogP contribution in [0.15, 0.2) is 36.4 Å². The quantitative estimate of drug-likeness (QED) is 0.729. The Morgan fingerprint density at radius 2 is 1.70 bits per heavy atom. The van der Waals surface area contributed by atoms with Crippen LogP contribution in [0.4, 0.5) is 20.2 Å². The number of amides is 1. The van der Waals surface area contributed by atoms with Gasteiger partial charge in [-0.1, -0.05) is 17.7 Å². The van der Waals surface area contributed by atoms with Crippen molar-refractivity contribution in [2.24, 2.45) is 5.14 Å². The fraction of sp³-hybridized carbons (Fsp3) is 0. The summed E-state index contributed by atoms with van der Waals surface area (Å²) in [5, 5.41) is 6.96. The van der Waals surface area contributed by atoms with Crippen molar-refractivity contribution in [2.75, 3.05) is 10.0 Å². The molecule has 0 unspecified atom stereocenters. The molecule has 0 bridgehead atoms. The lowest BCUT2D eigenvalue weighted by molar-refractivity contribution is 0.102. The number of rotatable bonds is 4. The monoisotopic (exact) mass is 361 g/mol. The highest BCUT2D eigenvalue weighted by Crippen LogP contribution is 2.22. The van der Waals surface area contributed by atoms with Crippen LogP contribution in [0.2, 0.25) is 5.02 Å². The minimum absolute atomic E-state index is 0.113. The van der Waals surface area contributed by atoms with Gasteiger partial charge in [-0.15, -0.1) is 0 Å². The van der Waals surface area contributed by atoms with E-state index in [9.17, 15) is 22.0 Å². The molecule has 0 fully saturated rings. The zero-order valence-corrected chi connectivity index (χ0v) is 12.9. The van der Waals surface area contributed by atoms with E-state index in [1.807, 2.05) is 4.72 Å². The summed E-state index contributed by atoms with van der Waals surface area (Å²) in [4.78, 5) is 12.0. The highest BCUT2D eigenvalue weighted by Gasteiger charge is 2.15. The van der Waals surface area contributed by atoms with Gasteiger partial charge in [0.25, 0.3) is 16.1 Å². The van der Waals surface area contributed by atoms with E-state index in [-0.39, 0.29) is 22.0 Å². The van der Waals surface area contributed by atoms with E-state index in [2.05, 4.69) is 5.32 Å². The van der Waals surface area contributed by atoms with E-state index in [1.54, 1.807) is 0 Å². The molecule has 10 heteroatoms. The molecule has 6 nitrogen and oxygen atoms in total. The summed E-state index contributed by atoms with van der Waals surface area (Å²) in [6, 6.07) is 6.96. The Morgan fingerprint density at radius 3 is 2.35 bits per heavy atom. The highest BCUT2D eigenvalue weighted by atomic mass is 35.5. The van der Waals surface area contributed by atoms with E-state index in [1.165, 1.54) is 24.3 Å². The predicted octanol–water partition coefficient (Wildman–Crippen LogP) is 2.49. The standard InChI is InChI=1S/C13H10ClF2N3O3S/c14-10-6-12(16)11(15)5-9(10)13(20)18-7-2-1-3-8(4-7)19-23(17,21)22/h1-6,19H,(H,18,20)(H2,17,21,22). The fourth-order valence-electron chi connectivity index (χ4n) is 1.72. The molecule has 0 aliphatic carbocycles. The molecule has 0 heterocycles. The number of benzene rings is 2. The van der Waals surface area contributed by atoms with Crippen LogP contribution >= 0.6 is 11.6 Å². The summed E-state index contributed by atoms with van der Waals surface area (Å²) in [5.41, 5.74) is 0.0431. The molecule has 4 N–H and O–H groups in total. The first kappa shape index (κ1) is 17.1. The molecule has 2 aromatic rings. The Hall–Kier alpha value is -2.23. The first-order valence-corrected chi connectivity index (χ1v) is 7.94. The summed E-state index contributed by atoms with van der Waals surface area (Å²) in [5.74, 6) is -3.18. The predicted molar refractivity (Wildman–Crippen MR) is 82.5 cm³/mol. The van der Waals surface area contributed by atoms with Crippen molar-refractivity contribution in [3.8, 4) is 0 Å².